The van der Waals surface area contributed by atoms with Gasteiger partial charge in [-0.1, -0.05) is 58.4 Å². The van der Waals surface area contributed by atoms with E-state index in [1.54, 1.807) is 18.2 Å². The third kappa shape index (κ3) is 6.19. The van der Waals surface area contributed by atoms with Gasteiger partial charge in [-0.05, 0) is 48.9 Å². The number of hydrogen-bond acceptors (Lipinski definition) is 3. The van der Waals surface area contributed by atoms with Gasteiger partial charge in [0.15, 0.2) is 0 Å². The van der Waals surface area contributed by atoms with Crippen molar-refractivity contribution in [2.45, 2.75) is 13.0 Å². The van der Waals surface area contributed by atoms with Gasteiger partial charge in [0.25, 0.3) is 5.91 Å². The highest BCUT2D eigenvalue weighted by atomic mass is 79.9. The number of halogens is 1. The molecule has 0 heterocycles. The lowest BCUT2D eigenvalue weighted by molar-refractivity contribution is -0.114. The molecule has 3 N–H and O–H groups in total. The number of amides is 2. The van der Waals surface area contributed by atoms with Gasteiger partial charge in [-0.15, -0.1) is 0 Å². The van der Waals surface area contributed by atoms with Gasteiger partial charge in [0.1, 0.15) is 0 Å². The quantitative estimate of drug-likeness (QED) is 0.473. The zero-order chi connectivity index (χ0) is 20.6. The summed E-state index contributed by atoms with van der Waals surface area (Å²) in [5.41, 5.74) is 2.99. The largest absolute Gasteiger partial charge is 0.376 e. The second-order valence-corrected chi connectivity index (χ2v) is 7.51. The second kappa shape index (κ2) is 9.89. The Balaban J connectivity index is 1.56. The fourth-order valence-electron chi connectivity index (χ4n) is 2.83. The number of carbonyl (C=O) groups excluding carboxylic acids is 2. The van der Waals surface area contributed by atoms with E-state index in [2.05, 4.69) is 31.9 Å². The Morgan fingerprint density at radius 1 is 0.897 bits per heavy atom. The Hall–Kier alpha value is -3.12. The summed E-state index contributed by atoms with van der Waals surface area (Å²) in [5, 5.41) is 8.87. The Morgan fingerprint density at radius 2 is 1.62 bits per heavy atom. The standard InChI is InChI=1S/C23H22BrN3O2/c1-16(17-7-3-2-4-8-17)26-23(29)18-9-5-11-20(13-18)25-15-22(28)27-21-12-6-10-19(24)14-21/h2-14,16,25H,15H2,1H3,(H,26,29)(H,27,28). The lowest BCUT2D eigenvalue weighted by Gasteiger charge is -2.15. The van der Waals surface area contributed by atoms with Gasteiger partial charge in [0.2, 0.25) is 5.91 Å². The first-order chi connectivity index (χ1) is 14.0. The molecule has 0 aliphatic rings. The Bertz CT molecular complexity index is 992. The molecule has 29 heavy (non-hydrogen) atoms. The molecular formula is C23H22BrN3O2. The smallest absolute Gasteiger partial charge is 0.251 e. The van der Waals surface area contributed by atoms with E-state index in [1.807, 2.05) is 67.6 Å². The summed E-state index contributed by atoms with van der Waals surface area (Å²) in [6, 6.07) is 24.2. The summed E-state index contributed by atoms with van der Waals surface area (Å²) in [6.07, 6.45) is 0. The van der Waals surface area contributed by atoms with Crippen molar-refractivity contribution in [3.05, 3.63) is 94.5 Å². The first-order valence-electron chi connectivity index (χ1n) is 9.26. The summed E-state index contributed by atoms with van der Waals surface area (Å²) < 4.78 is 0.895. The van der Waals surface area contributed by atoms with Gasteiger partial charge < -0.3 is 16.0 Å². The van der Waals surface area contributed by atoms with Crippen LogP contribution < -0.4 is 16.0 Å². The first kappa shape index (κ1) is 20.6. The van der Waals surface area contributed by atoms with Crippen molar-refractivity contribution in [2.75, 3.05) is 17.2 Å². The minimum absolute atomic E-state index is 0.0952. The van der Waals surface area contributed by atoms with Crippen molar-refractivity contribution in [3.63, 3.8) is 0 Å². The van der Waals surface area contributed by atoms with Gasteiger partial charge in [-0.2, -0.15) is 0 Å². The molecule has 0 bridgehead atoms. The van der Waals surface area contributed by atoms with Crippen LogP contribution in [0.5, 0.6) is 0 Å². The first-order valence-corrected chi connectivity index (χ1v) is 10.1. The maximum absolute atomic E-state index is 12.6. The second-order valence-electron chi connectivity index (χ2n) is 6.60. The molecule has 0 aliphatic carbocycles. The van der Waals surface area contributed by atoms with Crippen LogP contribution >= 0.6 is 15.9 Å². The average molecular weight is 452 g/mol. The van der Waals surface area contributed by atoms with E-state index in [1.165, 1.54) is 0 Å². The summed E-state index contributed by atoms with van der Waals surface area (Å²) >= 11 is 3.38. The zero-order valence-electron chi connectivity index (χ0n) is 16.0. The summed E-state index contributed by atoms with van der Waals surface area (Å²) in [4.78, 5) is 24.7. The fraction of sp³-hybridized carbons (Fsp3) is 0.130. The normalized spacial score (nSPS) is 11.4. The molecule has 0 spiro atoms. The predicted octanol–water partition coefficient (Wildman–Crippen LogP) is 4.99. The van der Waals surface area contributed by atoms with Crippen LogP contribution in [0.2, 0.25) is 0 Å². The van der Waals surface area contributed by atoms with Crippen LogP contribution in [0.4, 0.5) is 11.4 Å². The fourth-order valence-corrected chi connectivity index (χ4v) is 3.23. The highest BCUT2D eigenvalue weighted by molar-refractivity contribution is 9.10. The lowest BCUT2D eigenvalue weighted by atomic mass is 10.1. The summed E-state index contributed by atoms with van der Waals surface area (Å²) in [7, 11) is 0. The number of rotatable bonds is 7. The molecule has 0 fully saturated rings. The van der Waals surface area contributed by atoms with Crippen LogP contribution in [0.3, 0.4) is 0 Å². The summed E-state index contributed by atoms with van der Waals surface area (Å²) in [5.74, 6) is -0.334. The van der Waals surface area contributed by atoms with Crippen molar-refractivity contribution in [1.29, 1.82) is 0 Å². The Labute approximate surface area is 178 Å². The van der Waals surface area contributed by atoms with Crippen LogP contribution in [0.15, 0.2) is 83.3 Å². The SMILES string of the molecule is CC(NC(=O)c1cccc(NCC(=O)Nc2cccc(Br)c2)c1)c1ccccc1. The third-order valence-corrected chi connectivity index (χ3v) is 4.83. The van der Waals surface area contributed by atoms with Gasteiger partial charge in [-0.25, -0.2) is 0 Å². The van der Waals surface area contributed by atoms with Gasteiger partial charge >= 0.3 is 0 Å². The third-order valence-electron chi connectivity index (χ3n) is 4.33. The Kier molecular flexibility index (Phi) is 7.03. The van der Waals surface area contributed by atoms with Crippen molar-refractivity contribution in [3.8, 4) is 0 Å². The minimum atomic E-state index is -0.171. The van der Waals surface area contributed by atoms with Crippen LogP contribution in [-0.4, -0.2) is 18.4 Å². The van der Waals surface area contributed by atoms with Crippen LogP contribution in [0, 0.1) is 0 Å². The van der Waals surface area contributed by atoms with Crippen molar-refractivity contribution in [1.82, 2.24) is 5.32 Å². The summed E-state index contributed by atoms with van der Waals surface area (Å²) in [6.45, 7) is 2.04. The molecule has 6 heteroatoms. The van der Waals surface area contributed by atoms with E-state index in [0.29, 0.717) is 16.9 Å². The Morgan fingerprint density at radius 3 is 2.38 bits per heavy atom. The van der Waals surface area contributed by atoms with Crippen molar-refractivity contribution < 1.29 is 9.59 Å². The van der Waals surface area contributed by atoms with Crippen molar-refractivity contribution >= 4 is 39.1 Å². The van der Waals surface area contributed by atoms with Gasteiger partial charge in [-0.3, -0.25) is 9.59 Å². The molecule has 0 saturated carbocycles. The van der Waals surface area contributed by atoms with E-state index in [0.717, 1.165) is 10.0 Å². The lowest BCUT2D eigenvalue weighted by Crippen LogP contribution is -2.26. The molecule has 1 unspecified atom stereocenters. The van der Waals surface area contributed by atoms with Gasteiger partial charge in [0, 0.05) is 21.4 Å². The monoisotopic (exact) mass is 451 g/mol. The van der Waals surface area contributed by atoms with Gasteiger partial charge in [0.05, 0.1) is 12.6 Å². The highest BCUT2D eigenvalue weighted by Crippen LogP contribution is 2.16. The van der Waals surface area contributed by atoms with E-state index in [9.17, 15) is 9.59 Å². The topological polar surface area (TPSA) is 70.2 Å². The predicted molar refractivity (Wildman–Crippen MR) is 120 cm³/mol. The number of anilines is 2. The van der Waals surface area contributed by atoms with E-state index in [-0.39, 0.29) is 24.4 Å². The zero-order valence-corrected chi connectivity index (χ0v) is 17.6. The average Bonchev–Trinajstić information content (AvgIpc) is 2.73. The number of hydrogen-bond donors (Lipinski definition) is 3. The number of benzene rings is 3. The molecule has 1 atom stereocenters. The van der Waals surface area contributed by atoms with E-state index in [4.69, 9.17) is 0 Å². The molecule has 3 aromatic carbocycles. The highest BCUT2D eigenvalue weighted by Gasteiger charge is 2.12. The number of nitrogens with one attached hydrogen (secondary N) is 3. The molecular weight excluding hydrogens is 430 g/mol. The molecule has 2 amide bonds. The number of carbonyl (C=O) groups is 2. The van der Waals surface area contributed by atoms with Crippen LogP contribution in [0.25, 0.3) is 0 Å². The molecule has 0 aliphatic heterocycles. The molecule has 5 nitrogen and oxygen atoms in total. The molecule has 0 radical (unpaired) electrons. The minimum Gasteiger partial charge on any atom is -0.376 e. The maximum atomic E-state index is 12.6. The molecule has 148 valence electrons. The van der Waals surface area contributed by atoms with E-state index >= 15 is 0 Å². The van der Waals surface area contributed by atoms with Crippen LogP contribution in [0.1, 0.15) is 28.9 Å². The van der Waals surface area contributed by atoms with E-state index < -0.39 is 0 Å². The van der Waals surface area contributed by atoms with Crippen LogP contribution in [-0.2, 0) is 4.79 Å². The molecule has 3 aromatic rings. The molecule has 3 rings (SSSR count). The molecule has 0 aromatic heterocycles. The molecule has 0 saturated heterocycles. The maximum Gasteiger partial charge on any atom is 0.251 e. The van der Waals surface area contributed by atoms with Crippen molar-refractivity contribution in [2.24, 2.45) is 0 Å².